The fraction of sp³-hybridized carbons (Fsp3) is 0.308. The van der Waals surface area contributed by atoms with Gasteiger partial charge in [-0.1, -0.05) is 23.7 Å². The van der Waals surface area contributed by atoms with Crippen molar-refractivity contribution < 1.29 is 9.53 Å². The molecule has 3 heterocycles. The number of nitrogens with one attached hydrogen (secondary N) is 2. The fourth-order valence-electron chi connectivity index (χ4n) is 4.18. The molecule has 2 aromatic heterocycles. The molecule has 0 spiro atoms. The van der Waals surface area contributed by atoms with Crippen LogP contribution in [0.3, 0.4) is 0 Å². The summed E-state index contributed by atoms with van der Waals surface area (Å²) in [6.07, 6.45) is 3.58. The maximum absolute atomic E-state index is 12.9. The van der Waals surface area contributed by atoms with Crippen LogP contribution in [-0.4, -0.2) is 52.0 Å². The van der Waals surface area contributed by atoms with E-state index in [2.05, 4.69) is 30.6 Å². The largest absolute Gasteiger partial charge is 0.378 e. The lowest BCUT2D eigenvalue weighted by Gasteiger charge is -2.29. The van der Waals surface area contributed by atoms with Crippen LogP contribution in [-0.2, 0) is 11.3 Å². The summed E-state index contributed by atoms with van der Waals surface area (Å²) in [5, 5.41) is 11.3. The second-order valence-electron chi connectivity index (χ2n) is 8.66. The monoisotopic (exact) mass is 505 g/mol. The molecule has 10 heteroatoms. The Morgan fingerprint density at radius 3 is 2.81 bits per heavy atom. The Morgan fingerprint density at radius 1 is 1.19 bits per heavy atom. The van der Waals surface area contributed by atoms with Gasteiger partial charge < -0.3 is 20.3 Å². The summed E-state index contributed by atoms with van der Waals surface area (Å²) in [5.74, 6) is 0.423. The Balaban J connectivity index is 1.26. The van der Waals surface area contributed by atoms with Crippen molar-refractivity contribution in [2.45, 2.75) is 26.4 Å². The Kier molecular flexibility index (Phi) is 7.02. The second kappa shape index (κ2) is 10.5. The van der Waals surface area contributed by atoms with Gasteiger partial charge in [0.15, 0.2) is 0 Å². The summed E-state index contributed by atoms with van der Waals surface area (Å²) in [5.41, 5.74) is 4.48. The number of ether oxygens (including phenoxy) is 1. The molecule has 1 aliphatic heterocycles. The van der Waals surface area contributed by atoms with Crippen molar-refractivity contribution in [3.05, 3.63) is 71.0 Å². The number of aromatic nitrogens is 4. The number of morpholine rings is 1. The highest BCUT2D eigenvalue weighted by atomic mass is 35.5. The van der Waals surface area contributed by atoms with Crippen LogP contribution in [0.4, 0.5) is 17.2 Å². The standard InChI is InChI=1S/C26H28ClN7O2/c1-3-34-16-22-25(32-34)31-24(15-28-22)29-17(2)18-5-4-6-20(13-18)30-26(35)19-7-8-23(21(27)14-19)33-9-11-36-12-10-33/h4-8,13-17H,3,9-12H2,1-2H3,(H,30,35)(H,29,31,32)/t17-/m0/s1. The number of carbonyl (C=O) groups is 1. The zero-order chi connectivity index (χ0) is 25.1. The van der Waals surface area contributed by atoms with Gasteiger partial charge in [-0.2, -0.15) is 5.10 Å². The second-order valence-corrected chi connectivity index (χ2v) is 9.07. The van der Waals surface area contributed by atoms with E-state index in [9.17, 15) is 4.79 Å². The van der Waals surface area contributed by atoms with E-state index in [4.69, 9.17) is 16.3 Å². The van der Waals surface area contributed by atoms with Crippen LogP contribution in [0.25, 0.3) is 11.2 Å². The van der Waals surface area contributed by atoms with Gasteiger partial charge in [0.25, 0.3) is 5.91 Å². The summed E-state index contributed by atoms with van der Waals surface area (Å²) in [6.45, 7) is 7.73. The quantitative estimate of drug-likeness (QED) is 0.373. The van der Waals surface area contributed by atoms with E-state index in [0.717, 1.165) is 36.4 Å². The average Bonchev–Trinajstić information content (AvgIpc) is 3.32. The van der Waals surface area contributed by atoms with Crippen LogP contribution in [0.2, 0.25) is 5.02 Å². The average molecular weight is 506 g/mol. The van der Waals surface area contributed by atoms with Crippen molar-refractivity contribution in [2.24, 2.45) is 0 Å². The van der Waals surface area contributed by atoms with Crippen molar-refractivity contribution in [3.8, 4) is 0 Å². The van der Waals surface area contributed by atoms with Crippen molar-refractivity contribution in [2.75, 3.05) is 41.8 Å². The number of hydrogen-bond donors (Lipinski definition) is 2. The fourth-order valence-corrected chi connectivity index (χ4v) is 4.48. The van der Waals surface area contributed by atoms with Crippen molar-refractivity contribution in [1.82, 2.24) is 19.7 Å². The SMILES string of the molecule is CCn1cc2ncc(N[C@@H](C)c3cccc(NC(=O)c4ccc(N5CCOCC5)c(Cl)c4)c3)nc2n1. The minimum atomic E-state index is -0.217. The Morgan fingerprint density at radius 2 is 2.03 bits per heavy atom. The van der Waals surface area contributed by atoms with Gasteiger partial charge >= 0.3 is 0 Å². The number of hydrogen-bond acceptors (Lipinski definition) is 7. The van der Waals surface area contributed by atoms with Crippen molar-refractivity contribution in [3.63, 3.8) is 0 Å². The smallest absolute Gasteiger partial charge is 0.255 e. The van der Waals surface area contributed by atoms with Crippen LogP contribution in [0.5, 0.6) is 0 Å². The molecule has 2 aromatic carbocycles. The molecule has 1 atom stereocenters. The number of halogens is 1. The van der Waals surface area contributed by atoms with Crippen molar-refractivity contribution >= 4 is 45.9 Å². The lowest BCUT2D eigenvalue weighted by atomic mass is 10.1. The van der Waals surface area contributed by atoms with E-state index in [1.54, 1.807) is 18.3 Å². The summed E-state index contributed by atoms with van der Waals surface area (Å²) in [4.78, 5) is 24.1. The molecular formula is C26H28ClN7O2. The molecular weight excluding hydrogens is 478 g/mol. The maximum atomic E-state index is 12.9. The van der Waals surface area contributed by atoms with Crippen LogP contribution in [0.1, 0.15) is 35.8 Å². The predicted octanol–water partition coefficient (Wildman–Crippen LogP) is 4.76. The summed E-state index contributed by atoms with van der Waals surface area (Å²) in [6, 6.07) is 13.1. The van der Waals surface area contributed by atoms with Gasteiger partial charge in [-0.25, -0.2) is 9.97 Å². The number of amides is 1. The zero-order valence-corrected chi connectivity index (χ0v) is 21.0. The van der Waals surface area contributed by atoms with Gasteiger partial charge in [-0.3, -0.25) is 9.48 Å². The van der Waals surface area contributed by atoms with Gasteiger partial charge in [-0.05, 0) is 49.7 Å². The van der Waals surface area contributed by atoms with Crippen LogP contribution in [0, 0.1) is 0 Å². The number of fused-ring (bicyclic) bond motifs is 1. The minimum absolute atomic E-state index is 0.0656. The lowest BCUT2D eigenvalue weighted by Crippen LogP contribution is -2.36. The van der Waals surface area contributed by atoms with E-state index >= 15 is 0 Å². The van der Waals surface area contributed by atoms with E-state index in [0.29, 0.717) is 41.0 Å². The van der Waals surface area contributed by atoms with Gasteiger partial charge in [0.1, 0.15) is 11.3 Å². The van der Waals surface area contributed by atoms with Crippen LogP contribution >= 0.6 is 11.6 Å². The van der Waals surface area contributed by atoms with Gasteiger partial charge in [-0.15, -0.1) is 0 Å². The molecule has 2 N–H and O–H groups in total. The molecule has 0 radical (unpaired) electrons. The first-order chi connectivity index (χ1) is 17.5. The van der Waals surface area contributed by atoms with Crippen LogP contribution in [0.15, 0.2) is 54.9 Å². The third kappa shape index (κ3) is 5.27. The molecule has 186 valence electrons. The summed E-state index contributed by atoms with van der Waals surface area (Å²) >= 11 is 6.51. The van der Waals surface area contributed by atoms with Gasteiger partial charge in [0.05, 0.1) is 42.4 Å². The highest BCUT2D eigenvalue weighted by molar-refractivity contribution is 6.33. The number of anilines is 3. The number of rotatable bonds is 7. The number of benzene rings is 2. The molecule has 36 heavy (non-hydrogen) atoms. The summed E-state index contributed by atoms with van der Waals surface area (Å²) < 4.78 is 7.22. The molecule has 1 saturated heterocycles. The highest BCUT2D eigenvalue weighted by Crippen LogP contribution is 2.28. The Bertz CT molecular complexity index is 1380. The van der Waals surface area contributed by atoms with E-state index in [1.807, 2.05) is 55.1 Å². The zero-order valence-electron chi connectivity index (χ0n) is 20.2. The molecule has 4 aromatic rings. The van der Waals surface area contributed by atoms with Crippen molar-refractivity contribution in [1.29, 1.82) is 0 Å². The molecule has 0 bridgehead atoms. The van der Waals surface area contributed by atoms with E-state index < -0.39 is 0 Å². The molecule has 9 nitrogen and oxygen atoms in total. The molecule has 5 rings (SSSR count). The number of nitrogens with zero attached hydrogens (tertiary/aromatic N) is 5. The normalized spacial score (nSPS) is 14.6. The maximum Gasteiger partial charge on any atom is 0.255 e. The molecule has 1 amide bonds. The first kappa shape index (κ1) is 24.0. The first-order valence-corrected chi connectivity index (χ1v) is 12.4. The van der Waals surface area contributed by atoms with Crippen LogP contribution < -0.4 is 15.5 Å². The topological polar surface area (TPSA) is 97.2 Å². The first-order valence-electron chi connectivity index (χ1n) is 12.0. The number of aryl methyl sites for hydroxylation is 1. The predicted molar refractivity (Wildman–Crippen MR) is 142 cm³/mol. The van der Waals surface area contributed by atoms with Gasteiger partial charge in [0.2, 0.25) is 5.65 Å². The molecule has 1 aliphatic rings. The summed E-state index contributed by atoms with van der Waals surface area (Å²) in [7, 11) is 0. The van der Waals surface area contributed by atoms with E-state index in [-0.39, 0.29) is 11.9 Å². The number of carbonyl (C=O) groups excluding carboxylic acids is 1. The lowest BCUT2D eigenvalue weighted by molar-refractivity contribution is 0.102. The van der Waals surface area contributed by atoms with E-state index in [1.165, 1.54) is 0 Å². The van der Waals surface area contributed by atoms with Gasteiger partial charge in [0, 0.05) is 30.9 Å². The molecule has 0 unspecified atom stereocenters. The Labute approximate surface area is 214 Å². The molecule has 0 saturated carbocycles. The molecule has 0 aliphatic carbocycles. The molecule has 1 fully saturated rings. The third-order valence-corrected chi connectivity index (χ3v) is 6.47. The highest BCUT2D eigenvalue weighted by Gasteiger charge is 2.17. The minimum Gasteiger partial charge on any atom is -0.378 e. The Hall–Kier alpha value is -3.69. The third-order valence-electron chi connectivity index (χ3n) is 6.17.